The number of benzene rings is 2. The first kappa shape index (κ1) is 19.3. The van der Waals surface area contributed by atoms with Crippen molar-refractivity contribution < 1.29 is 9.53 Å². The van der Waals surface area contributed by atoms with Crippen LogP contribution >= 0.6 is 27.5 Å². The minimum absolute atomic E-state index is 0.191. The molecule has 0 radical (unpaired) electrons. The quantitative estimate of drug-likeness (QED) is 0.437. The molecule has 0 bridgehead atoms. The summed E-state index contributed by atoms with van der Waals surface area (Å²) in [5.74, 6) is -0.00908. The summed E-state index contributed by atoms with van der Waals surface area (Å²) >= 11 is 9.89. The lowest BCUT2D eigenvalue weighted by atomic mass is 10.0. The van der Waals surface area contributed by atoms with Gasteiger partial charge in [-0.2, -0.15) is 5.10 Å². The summed E-state index contributed by atoms with van der Waals surface area (Å²) in [5.41, 5.74) is 6.13. The predicted molar refractivity (Wildman–Crippen MR) is 111 cm³/mol. The lowest BCUT2D eigenvalue weighted by Gasteiger charge is -2.10. The molecule has 1 N–H and O–H groups in total. The average molecular weight is 448 g/mol. The zero-order chi connectivity index (χ0) is 19.4. The Balaban J connectivity index is 2.02. The van der Waals surface area contributed by atoms with Gasteiger partial charge in [-0.15, -0.1) is 0 Å². The number of amidine groups is 1. The fraction of sp³-hybridized carbons (Fsp3) is 0.158. The van der Waals surface area contributed by atoms with Crippen LogP contribution in [0.25, 0.3) is 0 Å². The van der Waals surface area contributed by atoms with Gasteiger partial charge in [0.25, 0.3) is 0 Å². The molecule has 8 heteroatoms. The smallest absolute Gasteiger partial charge is 0.353 e. The van der Waals surface area contributed by atoms with Gasteiger partial charge in [-0.25, -0.2) is 9.79 Å². The molecule has 2 aromatic rings. The number of aliphatic imine (C=N–C) groups is 2. The van der Waals surface area contributed by atoms with Crippen LogP contribution in [-0.4, -0.2) is 36.9 Å². The summed E-state index contributed by atoms with van der Waals surface area (Å²) in [6, 6.07) is 13.3. The van der Waals surface area contributed by atoms with Gasteiger partial charge in [0.1, 0.15) is 11.5 Å². The van der Waals surface area contributed by atoms with E-state index in [0.717, 1.165) is 27.0 Å². The molecule has 0 aromatic heterocycles. The first-order valence-electron chi connectivity index (χ1n) is 8.05. The third-order valence-electron chi connectivity index (χ3n) is 3.82. The number of nitrogens with one attached hydrogen (secondary N) is 1. The summed E-state index contributed by atoms with van der Waals surface area (Å²) < 4.78 is 5.55. The van der Waals surface area contributed by atoms with Gasteiger partial charge in [0.15, 0.2) is 0 Å². The van der Waals surface area contributed by atoms with Gasteiger partial charge < -0.3 is 4.74 Å². The number of hydrogen-bond acceptors (Lipinski definition) is 6. The molecule has 1 heterocycles. The van der Waals surface area contributed by atoms with E-state index in [4.69, 9.17) is 16.6 Å². The lowest BCUT2D eigenvalue weighted by Crippen LogP contribution is -2.24. The Morgan fingerprint density at radius 2 is 2.04 bits per heavy atom. The van der Waals surface area contributed by atoms with Crippen molar-refractivity contribution in [3.05, 3.63) is 63.1 Å². The highest BCUT2D eigenvalue weighted by Crippen LogP contribution is 2.30. The topological polar surface area (TPSA) is 75.4 Å². The standard InChI is InChI=1S/C19H16BrClN4O2/c1-11(19(26)27-2)24-25-17-10-22-18(13-5-3-4-6-15(13)21)14-9-12(20)7-8-16(14)23-17/h3-9H,10H2,1-2H3,(H,23,25)/b24-11-. The number of esters is 1. The van der Waals surface area contributed by atoms with Crippen LogP contribution in [0.1, 0.15) is 18.1 Å². The molecule has 0 atom stereocenters. The number of ether oxygens (including phenoxy) is 1. The zero-order valence-electron chi connectivity index (χ0n) is 14.7. The molecule has 138 valence electrons. The minimum Gasteiger partial charge on any atom is -0.464 e. The zero-order valence-corrected chi connectivity index (χ0v) is 17.0. The molecular weight excluding hydrogens is 432 g/mol. The average Bonchev–Trinajstić information content (AvgIpc) is 2.85. The minimum atomic E-state index is -0.513. The van der Waals surface area contributed by atoms with Gasteiger partial charge >= 0.3 is 5.97 Å². The number of carbonyl (C=O) groups excluding carboxylic acids is 1. The molecule has 0 saturated carbocycles. The largest absolute Gasteiger partial charge is 0.464 e. The van der Waals surface area contributed by atoms with E-state index in [1.807, 2.05) is 42.5 Å². The Morgan fingerprint density at radius 3 is 2.78 bits per heavy atom. The molecule has 0 amide bonds. The third-order valence-corrected chi connectivity index (χ3v) is 4.64. The van der Waals surface area contributed by atoms with E-state index >= 15 is 0 Å². The maximum atomic E-state index is 11.5. The Bertz CT molecular complexity index is 985. The summed E-state index contributed by atoms with van der Waals surface area (Å²) in [5, 5.41) is 4.63. The SMILES string of the molecule is COC(=O)/C(C)=N\NC1=Nc2ccc(Br)cc2C(c2ccccc2Cl)=NC1. The second kappa shape index (κ2) is 8.45. The Kier molecular flexibility index (Phi) is 6.03. The van der Waals surface area contributed by atoms with E-state index in [2.05, 4.69) is 36.2 Å². The molecule has 0 unspecified atom stereocenters. The van der Waals surface area contributed by atoms with Crippen molar-refractivity contribution in [3.63, 3.8) is 0 Å². The molecule has 27 heavy (non-hydrogen) atoms. The van der Waals surface area contributed by atoms with Crippen molar-refractivity contribution in [3.8, 4) is 0 Å². The number of methoxy groups -OCH3 is 1. The maximum Gasteiger partial charge on any atom is 0.353 e. The molecule has 6 nitrogen and oxygen atoms in total. The van der Waals surface area contributed by atoms with Gasteiger partial charge in [-0.05, 0) is 31.2 Å². The molecule has 3 rings (SSSR count). The molecule has 0 aliphatic carbocycles. The number of rotatable bonds is 3. The monoisotopic (exact) mass is 446 g/mol. The van der Waals surface area contributed by atoms with E-state index < -0.39 is 5.97 Å². The second-order valence-electron chi connectivity index (χ2n) is 5.67. The maximum absolute atomic E-state index is 11.5. The van der Waals surface area contributed by atoms with Gasteiger partial charge in [0, 0.05) is 20.6 Å². The van der Waals surface area contributed by atoms with E-state index in [9.17, 15) is 4.79 Å². The van der Waals surface area contributed by atoms with Crippen LogP contribution in [-0.2, 0) is 9.53 Å². The van der Waals surface area contributed by atoms with Gasteiger partial charge in [-0.3, -0.25) is 10.4 Å². The molecule has 2 aromatic carbocycles. The fourth-order valence-electron chi connectivity index (χ4n) is 2.50. The molecule has 1 aliphatic heterocycles. The number of hydrazone groups is 1. The first-order valence-corrected chi connectivity index (χ1v) is 9.22. The van der Waals surface area contributed by atoms with Crippen molar-refractivity contribution in [1.82, 2.24) is 5.43 Å². The molecule has 0 saturated heterocycles. The van der Waals surface area contributed by atoms with E-state index in [0.29, 0.717) is 10.9 Å². The highest BCUT2D eigenvalue weighted by molar-refractivity contribution is 9.10. The van der Waals surface area contributed by atoms with Gasteiger partial charge in [-0.1, -0.05) is 45.7 Å². The highest BCUT2D eigenvalue weighted by Gasteiger charge is 2.18. The van der Waals surface area contributed by atoms with Crippen molar-refractivity contribution in [2.24, 2.45) is 15.1 Å². The summed E-state index contributed by atoms with van der Waals surface area (Å²) in [7, 11) is 1.30. The van der Waals surface area contributed by atoms with Crippen LogP contribution in [0.4, 0.5) is 5.69 Å². The number of halogens is 2. The van der Waals surface area contributed by atoms with Crippen molar-refractivity contribution in [1.29, 1.82) is 0 Å². The van der Waals surface area contributed by atoms with E-state index in [-0.39, 0.29) is 12.3 Å². The van der Waals surface area contributed by atoms with Crippen LogP contribution in [0.2, 0.25) is 5.02 Å². The van der Waals surface area contributed by atoms with E-state index in [1.165, 1.54) is 7.11 Å². The van der Waals surface area contributed by atoms with Crippen LogP contribution in [0.5, 0.6) is 0 Å². The van der Waals surface area contributed by atoms with Crippen LogP contribution in [0.3, 0.4) is 0 Å². The predicted octanol–water partition coefficient (Wildman–Crippen LogP) is 4.12. The van der Waals surface area contributed by atoms with Crippen molar-refractivity contribution in [2.75, 3.05) is 13.7 Å². The number of nitrogens with zero attached hydrogens (tertiary/aromatic N) is 3. The normalized spacial score (nSPS) is 13.9. The van der Waals surface area contributed by atoms with E-state index in [1.54, 1.807) is 6.92 Å². The molecule has 1 aliphatic rings. The summed E-state index contributed by atoms with van der Waals surface area (Å²) in [6.07, 6.45) is 0. The second-order valence-corrected chi connectivity index (χ2v) is 6.99. The first-order chi connectivity index (χ1) is 13.0. The fourth-order valence-corrected chi connectivity index (χ4v) is 3.09. The molecule has 0 spiro atoms. The highest BCUT2D eigenvalue weighted by atomic mass is 79.9. The Hall–Kier alpha value is -2.51. The van der Waals surface area contributed by atoms with Gasteiger partial charge in [0.05, 0.1) is 25.1 Å². The Morgan fingerprint density at radius 1 is 1.26 bits per heavy atom. The number of hydrogen-bond donors (Lipinski definition) is 1. The van der Waals surface area contributed by atoms with Crippen LogP contribution < -0.4 is 5.43 Å². The Labute approximate surface area is 170 Å². The molecule has 0 fully saturated rings. The number of carbonyl (C=O) groups is 1. The van der Waals surface area contributed by atoms with Crippen molar-refractivity contribution >= 4 is 56.4 Å². The van der Waals surface area contributed by atoms with Crippen LogP contribution in [0, 0.1) is 0 Å². The third kappa shape index (κ3) is 4.43. The summed E-state index contributed by atoms with van der Waals surface area (Å²) in [6.45, 7) is 1.81. The van der Waals surface area contributed by atoms with Crippen molar-refractivity contribution in [2.45, 2.75) is 6.92 Å². The number of fused-ring (bicyclic) bond motifs is 1. The van der Waals surface area contributed by atoms with Gasteiger partial charge in [0.2, 0.25) is 0 Å². The lowest BCUT2D eigenvalue weighted by molar-refractivity contribution is -0.132. The molecular formula is C19H16BrClN4O2. The summed E-state index contributed by atoms with van der Waals surface area (Å²) in [4.78, 5) is 20.8. The van der Waals surface area contributed by atoms with Crippen LogP contribution in [0.15, 0.2) is 62.0 Å².